The molecule has 0 saturated carbocycles. The molecule has 16 heavy (non-hydrogen) atoms. The highest BCUT2D eigenvalue weighted by atomic mass is 79.9. The Morgan fingerprint density at radius 1 is 1.12 bits per heavy atom. The highest BCUT2D eigenvalue weighted by Crippen LogP contribution is 2.29. The van der Waals surface area contributed by atoms with E-state index in [0.717, 1.165) is 4.47 Å². The Kier molecular flexibility index (Phi) is 3.31. The number of halogens is 1. The maximum absolute atomic E-state index is 6.18. The van der Waals surface area contributed by atoms with Gasteiger partial charge in [0.15, 0.2) is 0 Å². The molecule has 2 N–H and O–H groups in total. The molecular weight excluding hydrogens is 262 g/mol. The van der Waals surface area contributed by atoms with Gasteiger partial charge in [-0.1, -0.05) is 54.0 Å². The second-order valence-corrected chi connectivity index (χ2v) is 5.35. The van der Waals surface area contributed by atoms with Crippen LogP contribution in [0.15, 0.2) is 40.9 Å². The van der Waals surface area contributed by atoms with Gasteiger partial charge in [-0.2, -0.15) is 0 Å². The molecule has 0 radical (unpaired) electrons. The van der Waals surface area contributed by atoms with E-state index < -0.39 is 0 Å². The quantitative estimate of drug-likeness (QED) is 0.872. The summed E-state index contributed by atoms with van der Waals surface area (Å²) in [6.45, 7) is 4.29. The lowest BCUT2D eigenvalue weighted by molar-refractivity contribution is 0.514. The lowest BCUT2D eigenvalue weighted by Gasteiger charge is -2.17. The van der Waals surface area contributed by atoms with E-state index in [9.17, 15) is 0 Å². The topological polar surface area (TPSA) is 26.0 Å². The van der Waals surface area contributed by atoms with Crippen molar-refractivity contribution in [2.75, 3.05) is 0 Å². The average Bonchev–Trinajstić information content (AvgIpc) is 2.28. The summed E-state index contributed by atoms with van der Waals surface area (Å²) in [5, 5.41) is 2.48. The second kappa shape index (κ2) is 4.56. The Labute approximate surface area is 105 Å². The third-order valence-electron chi connectivity index (χ3n) is 2.94. The normalized spacial score (nSPS) is 13.3. The van der Waals surface area contributed by atoms with Crippen molar-refractivity contribution in [2.24, 2.45) is 11.7 Å². The molecule has 0 aromatic heterocycles. The minimum Gasteiger partial charge on any atom is -0.324 e. The summed E-state index contributed by atoms with van der Waals surface area (Å²) < 4.78 is 1.12. The van der Waals surface area contributed by atoms with Gasteiger partial charge in [0.25, 0.3) is 0 Å². The molecule has 0 aliphatic carbocycles. The van der Waals surface area contributed by atoms with Crippen LogP contribution in [0.25, 0.3) is 10.8 Å². The molecule has 0 aliphatic heterocycles. The number of nitrogens with two attached hydrogens (primary N) is 1. The van der Waals surface area contributed by atoms with Crippen LogP contribution in [0.3, 0.4) is 0 Å². The fourth-order valence-electron chi connectivity index (χ4n) is 1.86. The maximum Gasteiger partial charge on any atom is 0.0318 e. The van der Waals surface area contributed by atoms with Crippen LogP contribution < -0.4 is 5.73 Å². The fourth-order valence-corrected chi connectivity index (χ4v) is 2.49. The number of rotatable bonds is 2. The van der Waals surface area contributed by atoms with Crippen LogP contribution in [0.2, 0.25) is 0 Å². The average molecular weight is 278 g/mol. The fraction of sp³-hybridized carbons (Fsp3) is 0.286. The van der Waals surface area contributed by atoms with E-state index in [0.29, 0.717) is 5.92 Å². The largest absolute Gasteiger partial charge is 0.324 e. The van der Waals surface area contributed by atoms with Crippen LogP contribution in [0.1, 0.15) is 25.5 Å². The van der Waals surface area contributed by atoms with Crippen molar-refractivity contribution in [3.05, 3.63) is 46.4 Å². The van der Waals surface area contributed by atoms with E-state index >= 15 is 0 Å². The summed E-state index contributed by atoms with van der Waals surface area (Å²) in [6.07, 6.45) is 0. The van der Waals surface area contributed by atoms with Gasteiger partial charge in [0.2, 0.25) is 0 Å². The monoisotopic (exact) mass is 277 g/mol. The summed E-state index contributed by atoms with van der Waals surface area (Å²) in [5.74, 6) is 0.452. The Balaban J connectivity index is 2.58. The van der Waals surface area contributed by atoms with Crippen molar-refractivity contribution in [1.29, 1.82) is 0 Å². The molecule has 84 valence electrons. The number of hydrogen-bond donors (Lipinski definition) is 1. The molecule has 1 atom stereocenters. The molecule has 0 bridgehead atoms. The summed E-state index contributed by atoms with van der Waals surface area (Å²) in [6, 6.07) is 12.8. The summed E-state index contributed by atoms with van der Waals surface area (Å²) in [7, 11) is 0. The number of benzene rings is 2. The summed E-state index contributed by atoms with van der Waals surface area (Å²) >= 11 is 3.61. The van der Waals surface area contributed by atoms with Crippen molar-refractivity contribution in [1.82, 2.24) is 0 Å². The number of fused-ring (bicyclic) bond motifs is 1. The van der Waals surface area contributed by atoms with Gasteiger partial charge in [-0.15, -0.1) is 0 Å². The highest BCUT2D eigenvalue weighted by Gasteiger charge is 2.12. The second-order valence-electron chi connectivity index (χ2n) is 4.49. The zero-order valence-electron chi connectivity index (χ0n) is 9.57. The van der Waals surface area contributed by atoms with Crippen LogP contribution in [0, 0.1) is 5.92 Å². The molecule has 1 nitrogen and oxygen atoms in total. The van der Waals surface area contributed by atoms with Gasteiger partial charge >= 0.3 is 0 Å². The first-order chi connectivity index (χ1) is 7.59. The van der Waals surface area contributed by atoms with E-state index in [4.69, 9.17) is 5.73 Å². The molecule has 0 spiro atoms. The minimum absolute atomic E-state index is 0.0981. The SMILES string of the molecule is CC(C)C(N)c1cc(Br)c2ccccc2c1. The Morgan fingerprint density at radius 3 is 2.50 bits per heavy atom. The third-order valence-corrected chi connectivity index (χ3v) is 3.59. The molecular formula is C14H16BrN. The molecule has 0 fully saturated rings. The van der Waals surface area contributed by atoms with Crippen molar-refractivity contribution in [3.63, 3.8) is 0 Å². The van der Waals surface area contributed by atoms with Gasteiger partial charge in [-0.05, 0) is 34.4 Å². The van der Waals surface area contributed by atoms with Crippen LogP contribution in [0.5, 0.6) is 0 Å². The van der Waals surface area contributed by atoms with Gasteiger partial charge in [0.1, 0.15) is 0 Å². The van der Waals surface area contributed by atoms with E-state index in [-0.39, 0.29) is 6.04 Å². The zero-order chi connectivity index (χ0) is 11.7. The molecule has 0 heterocycles. The lowest BCUT2D eigenvalue weighted by Crippen LogP contribution is -2.16. The lowest BCUT2D eigenvalue weighted by atomic mass is 9.95. The van der Waals surface area contributed by atoms with Crippen LogP contribution in [0.4, 0.5) is 0 Å². The van der Waals surface area contributed by atoms with Crippen LogP contribution in [-0.2, 0) is 0 Å². The van der Waals surface area contributed by atoms with Gasteiger partial charge in [0, 0.05) is 10.5 Å². The first-order valence-corrected chi connectivity index (χ1v) is 6.32. The van der Waals surface area contributed by atoms with Crippen LogP contribution >= 0.6 is 15.9 Å². The molecule has 0 aliphatic rings. The predicted octanol–water partition coefficient (Wildman–Crippen LogP) is 4.26. The summed E-state index contributed by atoms with van der Waals surface area (Å²) in [4.78, 5) is 0. The standard InChI is InChI=1S/C14H16BrN/c1-9(2)14(16)11-7-10-5-3-4-6-12(10)13(15)8-11/h3-9,14H,16H2,1-2H3. The number of hydrogen-bond acceptors (Lipinski definition) is 1. The Hall–Kier alpha value is -0.860. The first-order valence-electron chi connectivity index (χ1n) is 5.53. The van der Waals surface area contributed by atoms with Gasteiger partial charge in [-0.3, -0.25) is 0 Å². The Morgan fingerprint density at radius 2 is 1.81 bits per heavy atom. The zero-order valence-corrected chi connectivity index (χ0v) is 11.2. The van der Waals surface area contributed by atoms with Crippen molar-refractivity contribution in [2.45, 2.75) is 19.9 Å². The molecule has 0 saturated heterocycles. The smallest absolute Gasteiger partial charge is 0.0318 e. The predicted molar refractivity (Wildman–Crippen MR) is 73.4 cm³/mol. The highest BCUT2D eigenvalue weighted by molar-refractivity contribution is 9.10. The molecule has 2 aromatic carbocycles. The molecule has 1 unspecified atom stereocenters. The maximum atomic E-state index is 6.18. The Bertz CT molecular complexity index is 505. The van der Waals surface area contributed by atoms with E-state index in [2.05, 4.69) is 66.2 Å². The van der Waals surface area contributed by atoms with Gasteiger partial charge in [-0.25, -0.2) is 0 Å². The summed E-state index contributed by atoms with van der Waals surface area (Å²) in [5.41, 5.74) is 7.37. The molecule has 2 rings (SSSR count). The third kappa shape index (κ3) is 2.13. The molecule has 2 heteroatoms. The van der Waals surface area contributed by atoms with E-state index in [1.807, 2.05) is 0 Å². The first kappa shape index (κ1) is 11.6. The van der Waals surface area contributed by atoms with Crippen molar-refractivity contribution < 1.29 is 0 Å². The minimum atomic E-state index is 0.0981. The van der Waals surface area contributed by atoms with Crippen molar-refractivity contribution >= 4 is 26.7 Å². The molecule has 0 amide bonds. The van der Waals surface area contributed by atoms with E-state index in [1.54, 1.807) is 0 Å². The molecule has 2 aromatic rings. The van der Waals surface area contributed by atoms with Crippen LogP contribution in [-0.4, -0.2) is 0 Å². The van der Waals surface area contributed by atoms with Gasteiger partial charge < -0.3 is 5.73 Å². The van der Waals surface area contributed by atoms with E-state index in [1.165, 1.54) is 16.3 Å². The van der Waals surface area contributed by atoms with Gasteiger partial charge in [0.05, 0.1) is 0 Å². The van der Waals surface area contributed by atoms with Crippen molar-refractivity contribution in [3.8, 4) is 0 Å².